The summed E-state index contributed by atoms with van der Waals surface area (Å²) in [7, 11) is -10.5. The van der Waals surface area contributed by atoms with Crippen molar-refractivity contribution in [2.75, 3.05) is 0 Å². The van der Waals surface area contributed by atoms with Crippen molar-refractivity contribution in [3.63, 3.8) is 0 Å². The highest BCUT2D eigenvalue weighted by Crippen LogP contribution is 2.65. The van der Waals surface area contributed by atoms with Crippen LogP contribution in [0.15, 0.2) is 70.4 Å². The fourth-order valence-corrected chi connectivity index (χ4v) is 9.87. The molecule has 18 nitrogen and oxygen atoms in total. The molecule has 2 aromatic carbocycles. The highest BCUT2D eigenvalue weighted by atomic mass is 31.3. The number of nitrogens with zero attached hydrogens (tertiary/aromatic N) is 1. The Balaban J connectivity index is 1.40. The second-order valence-corrected chi connectivity index (χ2v) is 19.7. The number of carbonyl (C=O) groups is 2. The average Bonchev–Trinajstić information content (AvgIpc) is 3.49. The standard InChI is InChI=1S/C45H66N2O16P2/c1-5-7-9-11-13-15-17-19-39(49)59-36-25-21-34(22-26-36)31-57-65(56,58-32-35-23-27-37(28-24-35)60-40(50)20-18-16-14-12-10-8-6-2)63-64(54,55)62-33(3)41-42(51)45(4,53)43(61-41)47-30-29-38(48)46-44(47)52/h21-30,33,41-43,51,53H,5-20,31-32H2,1-4H3,(H,54,55)(H,46,48,52)/t33-,41-,42-,43-,45-/m1/s1. The minimum Gasteiger partial charge on any atom is -0.427 e. The first kappa shape index (κ1) is 53.8. The molecule has 362 valence electrons. The van der Waals surface area contributed by atoms with Crippen LogP contribution in [0.4, 0.5) is 0 Å². The molecule has 2 heterocycles. The van der Waals surface area contributed by atoms with E-state index in [2.05, 4.69) is 13.8 Å². The second-order valence-electron chi connectivity index (χ2n) is 16.5. The number of ether oxygens (including phenoxy) is 3. The number of phosphoric ester groups is 2. The van der Waals surface area contributed by atoms with Gasteiger partial charge in [-0.3, -0.25) is 37.5 Å². The predicted octanol–water partition coefficient (Wildman–Crippen LogP) is 8.70. The predicted molar refractivity (Wildman–Crippen MR) is 240 cm³/mol. The summed E-state index contributed by atoms with van der Waals surface area (Å²) in [6.07, 6.45) is 9.86. The first-order chi connectivity index (χ1) is 30.9. The van der Waals surface area contributed by atoms with Crippen molar-refractivity contribution in [1.29, 1.82) is 0 Å². The summed E-state index contributed by atoms with van der Waals surface area (Å²) in [5.74, 6) is -0.211. The van der Waals surface area contributed by atoms with Crippen LogP contribution in [0.3, 0.4) is 0 Å². The summed E-state index contributed by atoms with van der Waals surface area (Å²) >= 11 is 0. The molecule has 4 N–H and O–H groups in total. The van der Waals surface area contributed by atoms with Crippen molar-refractivity contribution >= 4 is 27.6 Å². The third-order valence-electron chi connectivity index (χ3n) is 10.8. The number of hydrogen-bond acceptors (Lipinski definition) is 15. The Hall–Kier alpha value is -3.80. The minimum atomic E-state index is -5.44. The van der Waals surface area contributed by atoms with Crippen LogP contribution < -0.4 is 20.7 Å². The molecule has 0 amide bonds. The van der Waals surface area contributed by atoms with Gasteiger partial charge in [0.15, 0.2) is 6.23 Å². The van der Waals surface area contributed by atoms with E-state index >= 15 is 0 Å². The first-order valence-corrected chi connectivity index (χ1v) is 25.5. The van der Waals surface area contributed by atoms with Crippen LogP contribution in [0, 0.1) is 0 Å². The highest BCUT2D eigenvalue weighted by molar-refractivity contribution is 7.61. The van der Waals surface area contributed by atoms with E-state index in [0.29, 0.717) is 24.0 Å². The number of unbranched alkanes of at least 4 members (excludes halogenated alkanes) is 12. The monoisotopic (exact) mass is 952 g/mol. The topological polar surface area (TPSA) is 248 Å². The van der Waals surface area contributed by atoms with Gasteiger partial charge in [0, 0.05) is 25.1 Å². The molecule has 1 saturated heterocycles. The zero-order valence-corrected chi connectivity index (χ0v) is 39.6. The van der Waals surface area contributed by atoms with Crippen molar-refractivity contribution in [2.45, 2.75) is 174 Å². The summed E-state index contributed by atoms with van der Waals surface area (Å²) in [4.78, 5) is 61.9. The molecule has 3 aromatic rings. The number of carbonyl (C=O) groups excluding carboxylic acids is 2. The Morgan fingerprint density at radius 3 is 1.65 bits per heavy atom. The van der Waals surface area contributed by atoms with Crippen molar-refractivity contribution in [2.24, 2.45) is 0 Å². The lowest BCUT2D eigenvalue weighted by Crippen LogP contribution is -2.47. The molecule has 1 aliphatic heterocycles. The van der Waals surface area contributed by atoms with Crippen molar-refractivity contribution in [1.82, 2.24) is 9.55 Å². The number of aliphatic hydroxyl groups is 2. The minimum absolute atomic E-state index is 0.270. The lowest BCUT2D eigenvalue weighted by Gasteiger charge is -2.28. The maximum absolute atomic E-state index is 14.2. The van der Waals surface area contributed by atoms with Gasteiger partial charge in [-0.25, -0.2) is 13.9 Å². The molecule has 1 aliphatic rings. The van der Waals surface area contributed by atoms with Crippen molar-refractivity contribution in [3.05, 3.63) is 92.8 Å². The third kappa shape index (κ3) is 18.1. The van der Waals surface area contributed by atoms with Crippen molar-refractivity contribution in [3.8, 4) is 11.5 Å². The van der Waals surface area contributed by atoms with E-state index in [9.17, 15) is 43.4 Å². The fourth-order valence-electron chi connectivity index (χ4n) is 7.10. The van der Waals surface area contributed by atoms with Gasteiger partial charge < -0.3 is 29.3 Å². The molecule has 6 atom stereocenters. The van der Waals surface area contributed by atoms with Crippen molar-refractivity contribution < 1.29 is 65.9 Å². The van der Waals surface area contributed by atoms with Crippen LogP contribution in [0.25, 0.3) is 0 Å². The van der Waals surface area contributed by atoms with Gasteiger partial charge in [0.1, 0.15) is 29.3 Å². The number of rotatable bonds is 30. The highest BCUT2D eigenvalue weighted by Gasteiger charge is 2.56. The lowest BCUT2D eigenvalue weighted by molar-refractivity contribution is -0.135. The largest absolute Gasteiger partial charge is 0.484 e. The van der Waals surface area contributed by atoms with Gasteiger partial charge in [0.2, 0.25) is 0 Å². The molecule has 1 unspecified atom stereocenters. The number of H-pyrrole nitrogens is 1. The van der Waals surface area contributed by atoms with Gasteiger partial charge in [-0.1, -0.05) is 115 Å². The molecule has 1 aromatic heterocycles. The molecule has 0 aliphatic carbocycles. The molecule has 0 radical (unpaired) electrons. The average molecular weight is 953 g/mol. The molecule has 65 heavy (non-hydrogen) atoms. The number of benzene rings is 2. The molecule has 0 saturated carbocycles. The number of aromatic amines is 1. The quantitative estimate of drug-likeness (QED) is 0.0211. The number of aliphatic hydroxyl groups excluding tert-OH is 1. The fraction of sp³-hybridized carbons (Fsp3) is 0.600. The van der Waals surface area contributed by atoms with E-state index in [1.807, 2.05) is 4.98 Å². The van der Waals surface area contributed by atoms with Gasteiger partial charge in [-0.05, 0) is 62.1 Å². The molecular formula is C45H66N2O16P2. The number of nitrogens with one attached hydrogen (secondary N) is 1. The Labute approximate surface area is 380 Å². The van der Waals surface area contributed by atoms with Gasteiger partial charge in [-0.2, -0.15) is 4.31 Å². The van der Waals surface area contributed by atoms with Gasteiger partial charge in [0.25, 0.3) is 5.56 Å². The number of esters is 2. The Morgan fingerprint density at radius 2 is 1.20 bits per heavy atom. The number of aromatic nitrogens is 2. The maximum atomic E-state index is 14.2. The molecule has 1 fully saturated rings. The second kappa shape index (κ2) is 26.5. The van der Waals surface area contributed by atoms with E-state index in [1.165, 1.54) is 94.0 Å². The Morgan fingerprint density at radius 1 is 0.754 bits per heavy atom. The SMILES string of the molecule is CCCCCCCCCC(=O)Oc1ccc(COP(=O)(OCc2ccc(OC(=O)CCCCCCCCC)cc2)OP(=O)(O)O[C@H](C)[C@H]2O[C@@H](n3ccc(=O)[nH]c3=O)[C@](C)(O)[C@@H]2O)cc1. The molecule has 4 rings (SSSR count). The molecular weight excluding hydrogens is 886 g/mol. The van der Waals surface area contributed by atoms with Gasteiger partial charge >= 0.3 is 33.3 Å². The first-order valence-electron chi connectivity index (χ1n) is 22.5. The third-order valence-corrected chi connectivity index (χ3v) is 13.9. The number of phosphoric acid groups is 2. The summed E-state index contributed by atoms with van der Waals surface area (Å²) < 4.78 is 66.6. The zero-order chi connectivity index (χ0) is 47.5. The van der Waals surface area contributed by atoms with Crippen LogP contribution >= 0.6 is 15.6 Å². The van der Waals surface area contributed by atoms with E-state index in [-0.39, 0.29) is 36.3 Å². The summed E-state index contributed by atoms with van der Waals surface area (Å²) in [6, 6.07) is 13.1. The summed E-state index contributed by atoms with van der Waals surface area (Å²) in [5.41, 5.74) is -3.07. The van der Waals surface area contributed by atoms with E-state index in [4.69, 9.17) is 32.1 Å². The molecule has 0 spiro atoms. The molecule has 0 bridgehead atoms. The van der Waals surface area contributed by atoms with Crippen LogP contribution in [0.5, 0.6) is 11.5 Å². The normalized spacial score (nSPS) is 20.0. The smallest absolute Gasteiger partial charge is 0.427 e. The maximum Gasteiger partial charge on any atom is 0.484 e. The Kier molecular flexibility index (Phi) is 22.0. The number of hydrogen-bond donors (Lipinski definition) is 4. The van der Waals surface area contributed by atoms with Crippen LogP contribution in [-0.4, -0.2) is 60.5 Å². The summed E-state index contributed by atoms with van der Waals surface area (Å²) in [5, 5.41) is 22.1. The van der Waals surface area contributed by atoms with Crippen LogP contribution in [-0.2, 0) is 54.6 Å². The Bertz CT molecular complexity index is 2060. The zero-order valence-electron chi connectivity index (χ0n) is 37.8. The van der Waals surface area contributed by atoms with Crippen LogP contribution in [0.2, 0.25) is 0 Å². The van der Waals surface area contributed by atoms with Gasteiger partial charge in [0.05, 0.1) is 19.3 Å². The lowest BCUT2D eigenvalue weighted by atomic mass is 9.94. The van der Waals surface area contributed by atoms with E-state index in [1.54, 1.807) is 0 Å². The van der Waals surface area contributed by atoms with E-state index < -0.39 is 70.2 Å². The summed E-state index contributed by atoms with van der Waals surface area (Å²) in [6.45, 7) is 5.72. The van der Waals surface area contributed by atoms with Crippen LogP contribution in [0.1, 0.15) is 148 Å². The van der Waals surface area contributed by atoms with E-state index in [0.717, 1.165) is 62.3 Å². The molecule has 20 heteroatoms. The van der Waals surface area contributed by atoms with Gasteiger partial charge in [-0.15, -0.1) is 0 Å².